The maximum absolute atomic E-state index is 12.3. The lowest BCUT2D eigenvalue weighted by atomic mass is 9.99. The minimum absolute atomic E-state index is 0.0426. The molecular formula is C22H31N5O5S. The van der Waals surface area contributed by atoms with Crippen LogP contribution in [0.2, 0.25) is 0 Å². The van der Waals surface area contributed by atoms with E-state index in [-0.39, 0.29) is 40.7 Å². The standard InChI is InChI=1S/C22H31N5O5S/c1-12(2)14-10-17(32-11-14)18(13(3)4)24-21-20(25-33(30,31)26-21)23-16-9-7-8-15(19(16)28)22(29)27(5)6/h7-13,18,21,24,26,28H,1-6H3,(H,23,25)/t18-,21?/m1/s1. The number of phenols is 1. The van der Waals surface area contributed by atoms with Gasteiger partial charge in [0.05, 0.1) is 23.6 Å². The Labute approximate surface area is 194 Å². The molecule has 1 unspecified atom stereocenters. The van der Waals surface area contributed by atoms with Gasteiger partial charge in [0, 0.05) is 14.1 Å². The maximum Gasteiger partial charge on any atom is 0.323 e. The van der Waals surface area contributed by atoms with Crippen LogP contribution in [0, 0.1) is 5.92 Å². The molecule has 0 saturated heterocycles. The van der Waals surface area contributed by atoms with E-state index < -0.39 is 16.4 Å². The van der Waals surface area contributed by atoms with Gasteiger partial charge >= 0.3 is 10.2 Å². The van der Waals surface area contributed by atoms with Crippen molar-refractivity contribution in [2.45, 2.75) is 45.8 Å². The quantitative estimate of drug-likeness (QED) is 0.450. The zero-order valence-electron chi connectivity index (χ0n) is 19.6. The van der Waals surface area contributed by atoms with Gasteiger partial charge in [0.25, 0.3) is 5.91 Å². The van der Waals surface area contributed by atoms with Crippen molar-refractivity contribution in [1.29, 1.82) is 0 Å². The first kappa shape index (κ1) is 24.7. The molecule has 0 aliphatic carbocycles. The number of hydrogen-bond donors (Lipinski definition) is 4. The van der Waals surface area contributed by atoms with Crippen LogP contribution in [-0.2, 0) is 10.2 Å². The molecule has 0 bridgehead atoms. The lowest BCUT2D eigenvalue weighted by Crippen LogP contribution is -2.49. The van der Waals surface area contributed by atoms with Crippen LogP contribution < -0.4 is 15.4 Å². The van der Waals surface area contributed by atoms with Crippen LogP contribution in [0.5, 0.6) is 5.75 Å². The summed E-state index contributed by atoms with van der Waals surface area (Å²) in [6.07, 6.45) is 0.802. The van der Waals surface area contributed by atoms with Gasteiger partial charge in [-0.05, 0) is 35.6 Å². The molecule has 180 valence electrons. The highest BCUT2D eigenvalue weighted by molar-refractivity contribution is 7.88. The fourth-order valence-electron chi connectivity index (χ4n) is 3.43. The van der Waals surface area contributed by atoms with Crippen LogP contribution in [0.1, 0.15) is 61.3 Å². The van der Waals surface area contributed by atoms with Crippen molar-refractivity contribution in [2.75, 3.05) is 19.4 Å². The van der Waals surface area contributed by atoms with Crippen molar-refractivity contribution < 1.29 is 22.7 Å². The maximum atomic E-state index is 12.3. The van der Waals surface area contributed by atoms with Crippen LogP contribution in [0.15, 0.2) is 39.3 Å². The molecule has 1 aromatic carbocycles. The zero-order chi connectivity index (χ0) is 24.5. The first-order valence-corrected chi connectivity index (χ1v) is 12.1. The van der Waals surface area contributed by atoms with E-state index in [0.717, 1.165) is 5.56 Å². The molecule has 0 fully saturated rings. The number of amidine groups is 1. The lowest BCUT2D eigenvalue weighted by Gasteiger charge is -2.25. The summed E-state index contributed by atoms with van der Waals surface area (Å²) in [4.78, 5) is 13.7. The number of nitrogens with zero attached hydrogens (tertiary/aromatic N) is 2. The molecule has 1 aromatic heterocycles. The van der Waals surface area contributed by atoms with E-state index >= 15 is 0 Å². The minimum Gasteiger partial charge on any atom is -0.505 e. The SMILES string of the molecule is CC(C)c1coc([C@H](NC2NS(=O)(=O)N=C2Nc2cccc(C(=O)N(C)C)c2O)C(C)C)c1. The second-order valence-corrected chi connectivity index (χ2v) is 10.2. The molecule has 1 aliphatic rings. The monoisotopic (exact) mass is 477 g/mol. The van der Waals surface area contributed by atoms with Crippen molar-refractivity contribution in [3.8, 4) is 5.75 Å². The number of benzene rings is 1. The Kier molecular flexibility index (Phi) is 7.15. The molecule has 33 heavy (non-hydrogen) atoms. The predicted molar refractivity (Wildman–Crippen MR) is 127 cm³/mol. The summed E-state index contributed by atoms with van der Waals surface area (Å²) in [5.41, 5.74) is 1.29. The lowest BCUT2D eigenvalue weighted by molar-refractivity contribution is 0.0824. The Hall–Kier alpha value is -2.89. The fraction of sp³-hybridized carbons (Fsp3) is 0.455. The van der Waals surface area contributed by atoms with Crippen LogP contribution in [0.25, 0.3) is 0 Å². The molecule has 10 nitrogen and oxygen atoms in total. The Morgan fingerprint density at radius 1 is 1.24 bits per heavy atom. The predicted octanol–water partition coefficient (Wildman–Crippen LogP) is 2.78. The highest BCUT2D eigenvalue weighted by Gasteiger charge is 2.35. The molecule has 1 amide bonds. The number of furan rings is 1. The van der Waals surface area contributed by atoms with E-state index in [9.17, 15) is 18.3 Å². The molecule has 2 aromatic rings. The number of hydrogen-bond acceptors (Lipinski definition) is 7. The number of nitrogens with one attached hydrogen (secondary N) is 3. The van der Waals surface area contributed by atoms with Gasteiger partial charge in [-0.2, -0.15) is 13.1 Å². The summed E-state index contributed by atoms with van der Waals surface area (Å²) in [5, 5.41) is 16.7. The summed E-state index contributed by atoms with van der Waals surface area (Å²) in [6, 6.07) is 6.25. The Morgan fingerprint density at radius 2 is 1.94 bits per heavy atom. The summed E-state index contributed by atoms with van der Waals surface area (Å²) in [7, 11) is -0.805. The highest BCUT2D eigenvalue weighted by atomic mass is 32.2. The van der Waals surface area contributed by atoms with Crippen LogP contribution in [-0.4, -0.2) is 50.4 Å². The summed E-state index contributed by atoms with van der Waals surface area (Å²) in [6.45, 7) is 8.11. The first-order valence-electron chi connectivity index (χ1n) is 10.7. The fourth-order valence-corrected chi connectivity index (χ4v) is 4.37. The average Bonchev–Trinajstić information content (AvgIpc) is 3.31. The molecule has 0 radical (unpaired) electrons. The number of rotatable bonds is 7. The molecule has 2 heterocycles. The van der Waals surface area contributed by atoms with Crippen molar-refractivity contribution in [3.63, 3.8) is 0 Å². The molecule has 0 spiro atoms. The van der Waals surface area contributed by atoms with E-state index in [1.165, 1.54) is 17.0 Å². The van der Waals surface area contributed by atoms with Crippen molar-refractivity contribution in [2.24, 2.45) is 10.3 Å². The van der Waals surface area contributed by atoms with Gasteiger partial charge in [-0.25, -0.2) is 0 Å². The van der Waals surface area contributed by atoms with Crippen LogP contribution in [0.4, 0.5) is 5.69 Å². The van der Waals surface area contributed by atoms with Gasteiger partial charge in [0.1, 0.15) is 11.9 Å². The van der Waals surface area contributed by atoms with E-state index in [1.807, 2.05) is 19.9 Å². The van der Waals surface area contributed by atoms with Crippen molar-refractivity contribution >= 4 is 27.6 Å². The first-order chi connectivity index (χ1) is 15.4. The third-order valence-electron chi connectivity index (χ3n) is 5.32. The summed E-state index contributed by atoms with van der Waals surface area (Å²) < 4.78 is 36.5. The molecule has 2 atom stereocenters. The molecule has 1 aliphatic heterocycles. The van der Waals surface area contributed by atoms with Gasteiger partial charge in [0.15, 0.2) is 11.6 Å². The Bertz CT molecular complexity index is 1150. The number of anilines is 1. The Balaban J connectivity index is 1.89. The minimum atomic E-state index is -3.95. The second-order valence-electron chi connectivity index (χ2n) is 8.85. The number of para-hydroxylation sites is 1. The average molecular weight is 478 g/mol. The summed E-state index contributed by atoms with van der Waals surface area (Å²) in [5.74, 6) is 0.399. The molecule has 3 rings (SSSR count). The second kappa shape index (κ2) is 9.54. The normalized spacial score (nSPS) is 18.4. The number of phenolic OH excluding ortho intramolecular Hbond substituents is 1. The van der Waals surface area contributed by atoms with Crippen molar-refractivity contribution in [1.82, 2.24) is 14.9 Å². The molecule has 4 N–H and O–H groups in total. The van der Waals surface area contributed by atoms with Crippen LogP contribution >= 0.6 is 0 Å². The number of carbonyl (C=O) groups excluding carboxylic acids is 1. The third kappa shape index (κ3) is 5.55. The van der Waals surface area contributed by atoms with Gasteiger partial charge in [-0.3, -0.25) is 10.1 Å². The molecular weight excluding hydrogens is 446 g/mol. The zero-order valence-corrected chi connectivity index (χ0v) is 20.4. The Morgan fingerprint density at radius 3 is 2.52 bits per heavy atom. The highest BCUT2D eigenvalue weighted by Crippen LogP contribution is 2.30. The van der Waals surface area contributed by atoms with E-state index in [1.54, 1.807) is 26.4 Å². The number of amides is 1. The van der Waals surface area contributed by atoms with E-state index in [2.05, 4.69) is 33.6 Å². The topological polar surface area (TPSA) is 136 Å². The van der Waals surface area contributed by atoms with Gasteiger partial charge in [0.2, 0.25) is 0 Å². The van der Waals surface area contributed by atoms with Gasteiger partial charge in [-0.1, -0.05) is 33.8 Å². The largest absolute Gasteiger partial charge is 0.505 e. The third-order valence-corrected chi connectivity index (χ3v) is 6.29. The molecule has 11 heteroatoms. The molecule has 0 saturated carbocycles. The number of carbonyl (C=O) groups is 1. The van der Waals surface area contributed by atoms with E-state index in [0.29, 0.717) is 11.7 Å². The van der Waals surface area contributed by atoms with Gasteiger partial charge < -0.3 is 19.7 Å². The van der Waals surface area contributed by atoms with E-state index in [4.69, 9.17) is 4.42 Å². The van der Waals surface area contributed by atoms with Crippen molar-refractivity contribution in [3.05, 3.63) is 47.4 Å². The summed E-state index contributed by atoms with van der Waals surface area (Å²) >= 11 is 0. The van der Waals surface area contributed by atoms with Crippen LogP contribution in [0.3, 0.4) is 0 Å². The number of aromatic hydroxyl groups is 1. The van der Waals surface area contributed by atoms with Gasteiger partial charge in [-0.15, -0.1) is 4.40 Å². The smallest absolute Gasteiger partial charge is 0.323 e.